The molecule has 1 heterocycles. The van der Waals surface area contributed by atoms with E-state index in [-0.39, 0.29) is 0 Å². The largest absolute Gasteiger partial charge is 0.449 e. The van der Waals surface area contributed by atoms with Crippen LogP contribution in [-0.2, 0) is 9.53 Å². The number of rotatable bonds is 4. The molecule has 0 aliphatic carbocycles. The molecule has 3 rings (SSSR count). The summed E-state index contributed by atoms with van der Waals surface area (Å²) >= 11 is 3.43. The minimum absolute atomic E-state index is 0.341. The number of benzene rings is 2. The van der Waals surface area contributed by atoms with Gasteiger partial charge in [0.1, 0.15) is 0 Å². The minimum atomic E-state index is -1.01. The molecule has 3 aromatic rings. The van der Waals surface area contributed by atoms with E-state index in [9.17, 15) is 9.59 Å². The van der Waals surface area contributed by atoms with Crippen LogP contribution >= 0.6 is 15.9 Å². The summed E-state index contributed by atoms with van der Waals surface area (Å²) in [6.45, 7) is 1.44. The molecule has 25 heavy (non-hydrogen) atoms. The standard InChI is InChI=1S/C19H15BrN2O3/c1-11(18(21)23)25-19(24)15-10-17(12-5-4-6-13(20)9-12)22-16-8-3-2-7-14(15)16/h2-11H,1H3,(H2,21,23)/t11-/m0/s1. The summed E-state index contributed by atoms with van der Waals surface area (Å²) in [5, 5.41) is 0.655. The summed E-state index contributed by atoms with van der Waals surface area (Å²) in [6, 6.07) is 16.6. The monoisotopic (exact) mass is 398 g/mol. The van der Waals surface area contributed by atoms with Crippen molar-refractivity contribution in [2.24, 2.45) is 5.73 Å². The predicted octanol–water partition coefficient (Wildman–Crippen LogP) is 3.69. The zero-order valence-electron chi connectivity index (χ0n) is 13.4. The number of nitrogens with zero attached hydrogens (tertiary/aromatic N) is 1. The smallest absolute Gasteiger partial charge is 0.339 e. The van der Waals surface area contributed by atoms with Crippen molar-refractivity contribution in [1.82, 2.24) is 4.98 Å². The van der Waals surface area contributed by atoms with Crippen molar-refractivity contribution >= 4 is 38.7 Å². The number of hydrogen-bond donors (Lipinski definition) is 1. The molecule has 6 heteroatoms. The summed E-state index contributed by atoms with van der Waals surface area (Å²) in [6.07, 6.45) is -1.01. The summed E-state index contributed by atoms with van der Waals surface area (Å²) in [5.41, 5.74) is 7.68. The van der Waals surface area contributed by atoms with Crippen molar-refractivity contribution < 1.29 is 14.3 Å². The fraction of sp³-hybridized carbons (Fsp3) is 0.105. The second kappa shape index (κ2) is 7.03. The van der Waals surface area contributed by atoms with Crippen LogP contribution in [-0.4, -0.2) is 23.0 Å². The highest BCUT2D eigenvalue weighted by atomic mass is 79.9. The number of fused-ring (bicyclic) bond motifs is 1. The maximum atomic E-state index is 12.6. The van der Waals surface area contributed by atoms with Crippen LogP contribution in [0.2, 0.25) is 0 Å². The molecule has 0 bridgehead atoms. The molecule has 1 aromatic heterocycles. The zero-order chi connectivity index (χ0) is 18.0. The number of primary amides is 1. The maximum absolute atomic E-state index is 12.6. The van der Waals surface area contributed by atoms with Gasteiger partial charge in [0, 0.05) is 15.4 Å². The lowest BCUT2D eigenvalue weighted by Crippen LogP contribution is -2.30. The first-order valence-electron chi connectivity index (χ1n) is 7.62. The third-order valence-electron chi connectivity index (χ3n) is 3.74. The first-order chi connectivity index (χ1) is 12.0. The van der Waals surface area contributed by atoms with Crippen LogP contribution in [0.5, 0.6) is 0 Å². The van der Waals surface area contributed by atoms with E-state index >= 15 is 0 Å². The lowest BCUT2D eigenvalue weighted by Gasteiger charge is -2.12. The molecule has 0 aliphatic rings. The quantitative estimate of drug-likeness (QED) is 0.679. The van der Waals surface area contributed by atoms with Gasteiger partial charge in [-0.25, -0.2) is 9.78 Å². The number of aromatic nitrogens is 1. The molecule has 2 aromatic carbocycles. The molecule has 2 N–H and O–H groups in total. The average molecular weight is 399 g/mol. The van der Waals surface area contributed by atoms with Gasteiger partial charge in [0.25, 0.3) is 5.91 Å². The number of amides is 1. The Morgan fingerprint density at radius 2 is 1.88 bits per heavy atom. The Morgan fingerprint density at radius 1 is 1.12 bits per heavy atom. The Balaban J connectivity index is 2.13. The maximum Gasteiger partial charge on any atom is 0.339 e. The molecule has 0 spiro atoms. The van der Waals surface area contributed by atoms with E-state index in [1.807, 2.05) is 42.5 Å². The molecule has 0 radical (unpaired) electrons. The van der Waals surface area contributed by atoms with Crippen molar-refractivity contribution in [2.45, 2.75) is 13.0 Å². The molecule has 126 valence electrons. The Labute approximate surface area is 152 Å². The topological polar surface area (TPSA) is 82.3 Å². The number of carbonyl (C=O) groups is 2. The van der Waals surface area contributed by atoms with Crippen molar-refractivity contribution in [1.29, 1.82) is 0 Å². The van der Waals surface area contributed by atoms with Crippen LogP contribution in [0.15, 0.2) is 59.1 Å². The van der Waals surface area contributed by atoms with Gasteiger partial charge in [-0.15, -0.1) is 0 Å². The van der Waals surface area contributed by atoms with Crippen molar-refractivity contribution in [3.8, 4) is 11.3 Å². The fourth-order valence-electron chi connectivity index (χ4n) is 2.42. The van der Waals surface area contributed by atoms with Crippen LogP contribution in [0.3, 0.4) is 0 Å². The molecule has 0 aliphatic heterocycles. The van der Waals surface area contributed by atoms with Crippen LogP contribution in [0, 0.1) is 0 Å². The van der Waals surface area contributed by atoms with E-state index < -0.39 is 18.0 Å². The van der Waals surface area contributed by atoms with Crippen LogP contribution in [0.25, 0.3) is 22.2 Å². The van der Waals surface area contributed by atoms with Gasteiger partial charge < -0.3 is 10.5 Å². The number of hydrogen-bond acceptors (Lipinski definition) is 4. The van der Waals surface area contributed by atoms with Crippen molar-refractivity contribution in [2.75, 3.05) is 0 Å². The first-order valence-corrected chi connectivity index (χ1v) is 8.41. The minimum Gasteiger partial charge on any atom is -0.449 e. The van der Waals surface area contributed by atoms with Gasteiger partial charge >= 0.3 is 5.97 Å². The van der Waals surface area contributed by atoms with E-state index in [1.165, 1.54) is 6.92 Å². The Bertz CT molecular complexity index is 972. The highest BCUT2D eigenvalue weighted by Crippen LogP contribution is 2.27. The lowest BCUT2D eigenvalue weighted by atomic mass is 10.0. The summed E-state index contributed by atoms with van der Waals surface area (Å²) in [5.74, 6) is -1.31. The third-order valence-corrected chi connectivity index (χ3v) is 4.23. The van der Waals surface area contributed by atoms with Gasteiger partial charge in [-0.05, 0) is 31.2 Å². The number of esters is 1. The first kappa shape index (κ1) is 17.1. The number of carbonyl (C=O) groups excluding carboxylic acids is 2. The van der Waals surface area contributed by atoms with Gasteiger partial charge in [-0.3, -0.25) is 4.79 Å². The second-order valence-corrected chi connectivity index (χ2v) is 6.45. The number of halogens is 1. The summed E-state index contributed by atoms with van der Waals surface area (Å²) in [7, 11) is 0. The Hall–Kier alpha value is -2.73. The van der Waals surface area contributed by atoms with Crippen molar-refractivity contribution in [3.63, 3.8) is 0 Å². The van der Waals surface area contributed by atoms with E-state index in [2.05, 4.69) is 20.9 Å². The van der Waals surface area contributed by atoms with Crippen molar-refractivity contribution in [3.05, 3.63) is 64.6 Å². The number of ether oxygens (including phenoxy) is 1. The van der Waals surface area contributed by atoms with Gasteiger partial charge in [0.15, 0.2) is 6.10 Å². The Kier molecular flexibility index (Phi) is 4.81. The summed E-state index contributed by atoms with van der Waals surface area (Å²) < 4.78 is 6.08. The molecule has 0 unspecified atom stereocenters. The normalized spacial score (nSPS) is 11.9. The third kappa shape index (κ3) is 3.69. The van der Waals surface area contributed by atoms with Gasteiger partial charge in [-0.2, -0.15) is 0 Å². The van der Waals surface area contributed by atoms with Crippen LogP contribution in [0.4, 0.5) is 0 Å². The summed E-state index contributed by atoms with van der Waals surface area (Å²) in [4.78, 5) is 28.4. The molecule has 0 saturated carbocycles. The molecular formula is C19H15BrN2O3. The molecule has 0 saturated heterocycles. The van der Waals surface area contributed by atoms with E-state index in [1.54, 1.807) is 12.1 Å². The number of pyridine rings is 1. The van der Waals surface area contributed by atoms with Gasteiger partial charge in [0.2, 0.25) is 0 Å². The van der Waals surface area contributed by atoms with Crippen LogP contribution < -0.4 is 5.73 Å². The second-order valence-electron chi connectivity index (χ2n) is 5.53. The SMILES string of the molecule is C[C@H](OC(=O)c1cc(-c2cccc(Br)c2)nc2ccccc12)C(N)=O. The van der Waals surface area contributed by atoms with E-state index in [4.69, 9.17) is 10.5 Å². The van der Waals surface area contributed by atoms with E-state index in [0.29, 0.717) is 22.2 Å². The fourth-order valence-corrected chi connectivity index (χ4v) is 2.82. The Morgan fingerprint density at radius 3 is 2.60 bits per heavy atom. The highest BCUT2D eigenvalue weighted by molar-refractivity contribution is 9.10. The molecule has 0 fully saturated rings. The molecule has 1 atom stereocenters. The highest BCUT2D eigenvalue weighted by Gasteiger charge is 2.20. The lowest BCUT2D eigenvalue weighted by molar-refractivity contribution is -0.125. The molecule has 5 nitrogen and oxygen atoms in total. The molecule has 1 amide bonds. The average Bonchev–Trinajstić information content (AvgIpc) is 2.60. The predicted molar refractivity (Wildman–Crippen MR) is 99.0 cm³/mol. The molecular weight excluding hydrogens is 384 g/mol. The van der Waals surface area contributed by atoms with E-state index in [0.717, 1.165) is 10.0 Å². The number of para-hydroxylation sites is 1. The number of nitrogens with two attached hydrogens (primary N) is 1. The van der Waals surface area contributed by atoms with Gasteiger partial charge in [0.05, 0.1) is 16.8 Å². The van der Waals surface area contributed by atoms with Crippen LogP contribution in [0.1, 0.15) is 17.3 Å². The van der Waals surface area contributed by atoms with Gasteiger partial charge in [-0.1, -0.05) is 46.3 Å². The zero-order valence-corrected chi connectivity index (χ0v) is 15.0.